The molecular weight excluding hydrogens is 518 g/mol. The van der Waals surface area contributed by atoms with Crippen molar-refractivity contribution in [2.75, 3.05) is 4.90 Å². The lowest BCUT2D eigenvalue weighted by Gasteiger charge is -2.48. The van der Waals surface area contributed by atoms with Gasteiger partial charge in [0.05, 0.1) is 0 Å². The molecule has 6 aromatic carbocycles. The average molecular weight is 556 g/mol. The van der Waals surface area contributed by atoms with Gasteiger partial charge >= 0.3 is 0 Å². The Morgan fingerprint density at radius 3 is 1.40 bits per heavy atom. The number of fused-ring (bicyclic) bond motifs is 3. The van der Waals surface area contributed by atoms with Crippen molar-refractivity contribution in [3.8, 4) is 33.4 Å². The molecule has 0 aromatic heterocycles. The summed E-state index contributed by atoms with van der Waals surface area (Å²) in [6.45, 7) is 9.58. The summed E-state index contributed by atoms with van der Waals surface area (Å²) >= 11 is 0. The molecule has 0 radical (unpaired) electrons. The van der Waals surface area contributed by atoms with Crippen LogP contribution in [0.25, 0.3) is 33.4 Å². The van der Waals surface area contributed by atoms with Crippen LogP contribution in [-0.2, 0) is 10.8 Å². The number of rotatable bonds is 5. The first-order chi connectivity index (χ1) is 20.8. The molecule has 210 valence electrons. The molecule has 0 saturated carbocycles. The van der Waals surface area contributed by atoms with E-state index in [4.69, 9.17) is 0 Å². The lowest BCUT2D eigenvalue weighted by atomic mass is 9.55. The van der Waals surface area contributed by atoms with Crippen molar-refractivity contribution in [1.29, 1.82) is 0 Å². The van der Waals surface area contributed by atoms with Crippen molar-refractivity contribution < 1.29 is 0 Å². The van der Waals surface area contributed by atoms with Crippen molar-refractivity contribution in [2.24, 2.45) is 0 Å². The SMILES string of the molecule is CC1(C)c2ccccc2-c2ccc(N(c3ccccc3)c3ccc(-c4ccc(-c5ccccc5)cc4)cc3)cc2C1(C)C. The summed E-state index contributed by atoms with van der Waals surface area (Å²) in [6.07, 6.45) is 0. The Kier molecular flexibility index (Phi) is 6.55. The normalized spacial score (nSPS) is 14.4. The van der Waals surface area contributed by atoms with E-state index in [1.54, 1.807) is 0 Å². The van der Waals surface area contributed by atoms with Crippen molar-refractivity contribution in [3.05, 3.63) is 163 Å². The minimum absolute atomic E-state index is 0.00942. The summed E-state index contributed by atoms with van der Waals surface area (Å²) in [4.78, 5) is 2.38. The van der Waals surface area contributed by atoms with E-state index < -0.39 is 0 Å². The van der Waals surface area contributed by atoms with Crippen molar-refractivity contribution in [1.82, 2.24) is 0 Å². The van der Waals surface area contributed by atoms with E-state index >= 15 is 0 Å². The average Bonchev–Trinajstić information content (AvgIpc) is 3.06. The molecule has 0 spiro atoms. The fraction of sp³-hybridized carbons (Fsp3) is 0.143. The van der Waals surface area contributed by atoms with Gasteiger partial charge in [-0.2, -0.15) is 0 Å². The van der Waals surface area contributed by atoms with Crippen LogP contribution >= 0.6 is 0 Å². The van der Waals surface area contributed by atoms with Gasteiger partial charge in [-0.15, -0.1) is 0 Å². The molecule has 0 atom stereocenters. The lowest BCUT2D eigenvalue weighted by molar-refractivity contribution is 0.299. The molecule has 43 heavy (non-hydrogen) atoms. The quantitative estimate of drug-likeness (QED) is 0.204. The lowest BCUT2D eigenvalue weighted by Crippen LogP contribution is -2.43. The molecule has 0 unspecified atom stereocenters. The highest BCUT2D eigenvalue weighted by Crippen LogP contribution is 2.54. The van der Waals surface area contributed by atoms with Crippen LogP contribution < -0.4 is 4.90 Å². The Morgan fingerprint density at radius 1 is 0.349 bits per heavy atom. The van der Waals surface area contributed by atoms with Gasteiger partial charge in [0, 0.05) is 17.1 Å². The summed E-state index contributed by atoms with van der Waals surface area (Å²) in [5.74, 6) is 0. The third-order valence-electron chi connectivity index (χ3n) is 9.85. The highest BCUT2D eigenvalue weighted by molar-refractivity contribution is 5.84. The molecule has 0 bridgehead atoms. The van der Waals surface area contributed by atoms with Crippen LogP contribution in [0.1, 0.15) is 38.8 Å². The standard InChI is InChI=1S/C42H37N/c1-41(2)39-18-12-11-17-37(39)38-28-27-36(29-40(38)42(41,3)4)43(34-15-9-6-10-16-34)35-25-23-33(24-26-35)32-21-19-31(20-22-32)30-13-7-5-8-14-30/h5-29H,1-4H3. The fourth-order valence-corrected chi connectivity index (χ4v) is 6.67. The zero-order chi connectivity index (χ0) is 29.6. The third-order valence-corrected chi connectivity index (χ3v) is 9.85. The molecule has 1 nitrogen and oxygen atoms in total. The van der Waals surface area contributed by atoms with Crippen LogP contribution in [0, 0.1) is 0 Å². The second-order valence-corrected chi connectivity index (χ2v) is 12.7. The second kappa shape index (κ2) is 10.4. The molecule has 0 saturated heterocycles. The topological polar surface area (TPSA) is 3.24 Å². The van der Waals surface area contributed by atoms with E-state index in [1.165, 1.54) is 50.2 Å². The van der Waals surface area contributed by atoms with Crippen molar-refractivity contribution in [2.45, 2.75) is 38.5 Å². The van der Waals surface area contributed by atoms with E-state index in [1.807, 2.05) is 0 Å². The molecule has 0 N–H and O–H groups in total. The van der Waals surface area contributed by atoms with E-state index in [0.717, 1.165) is 11.4 Å². The Morgan fingerprint density at radius 2 is 0.767 bits per heavy atom. The maximum Gasteiger partial charge on any atom is 0.0464 e. The summed E-state index contributed by atoms with van der Waals surface area (Å²) in [5.41, 5.74) is 13.8. The molecular formula is C42H37N. The predicted octanol–water partition coefficient (Wildman–Crippen LogP) is 11.7. The molecule has 7 rings (SSSR count). The smallest absolute Gasteiger partial charge is 0.0464 e. The first kappa shape index (κ1) is 27.0. The van der Waals surface area contributed by atoms with Crippen molar-refractivity contribution >= 4 is 17.1 Å². The third kappa shape index (κ3) is 4.57. The zero-order valence-corrected chi connectivity index (χ0v) is 25.4. The Labute approximate surface area is 256 Å². The second-order valence-electron chi connectivity index (χ2n) is 12.7. The molecule has 0 amide bonds. The fourth-order valence-electron chi connectivity index (χ4n) is 6.67. The molecule has 1 aliphatic rings. The van der Waals surface area contributed by atoms with Crippen LogP contribution in [0.4, 0.5) is 17.1 Å². The van der Waals surface area contributed by atoms with Gasteiger partial charge in [-0.3, -0.25) is 0 Å². The highest BCUT2D eigenvalue weighted by atomic mass is 15.1. The van der Waals surface area contributed by atoms with E-state index in [9.17, 15) is 0 Å². The zero-order valence-electron chi connectivity index (χ0n) is 25.4. The molecule has 0 heterocycles. The minimum atomic E-state index is -0.0508. The Hall–Kier alpha value is -4.88. The van der Waals surface area contributed by atoms with E-state index in [0.29, 0.717) is 0 Å². The molecule has 1 heteroatoms. The molecule has 1 aliphatic carbocycles. The minimum Gasteiger partial charge on any atom is -0.310 e. The summed E-state index contributed by atoms with van der Waals surface area (Å²) in [5, 5.41) is 0. The van der Waals surface area contributed by atoms with Gasteiger partial charge in [-0.25, -0.2) is 0 Å². The van der Waals surface area contributed by atoms with Crippen LogP contribution in [-0.4, -0.2) is 0 Å². The number of nitrogens with zero attached hydrogens (tertiary/aromatic N) is 1. The van der Waals surface area contributed by atoms with Gasteiger partial charge in [0.2, 0.25) is 0 Å². The van der Waals surface area contributed by atoms with Crippen LogP contribution in [0.15, 0.2) is 152 Å². The number of anilines is 3. The number of hydrogen-bond acceptors (Lipinski definition) is 1. The van der Waals surface area contributed by atoms with Crippen LogP contribution in [0.5, 0.6) is 0 Å². The molecule has 6 aromatic rings. The highest BCUT2D eigenvalue weighted by Gasteiger charge is 2.45. The largest absolute Gasteiger partial charge is 0.310 e. The van der Waals surface area contributed by atoms with E-state index in [2.05, 4.69) is 184 Å². The maximum atomic E-state index is 2.43. The van der Waals surface area contributed by atoms with Crippen molar-refractivity contribution in [3.63, 3.8) is 0 Å². The van der Waals surface area contributed by atoms with Crippen LogP contribution in [0.2, 0.25) is 0 Å². The van der Waals surface area contributed by atoms with E-state index in [-0.39, 0.29) is 10.8 Å². The van der Waals surface area contributed by atoms with Gasteiger partial charge in [0.15, 0.2) is 0 Å². The summed E-state index contributed by atoms with van der Waals surface area (Å²) in [6, 6.07) is 55.1. The summed E-state index contributed by atoms with van der Waals surface area (Å²) in [7, 11) is 0. The van der Waals surface area contributed by atoms with Gasteiger partial charge in [0.25, 0.3) is 0 Å². The first-order valence-corrected chi connectivity index (χ1v) is 15.2. The van der Waals surface area contributed by atoms with Gasteiger partial charge < -0.3 is 4.90 Å². The van der Waals surface area contributed by atoms with Gasteiger partial charge in [0.1, 0.15) is 0 Å². The van der Waals surface area contributed by atoms with Gasteiger partial charge in [-0.05, 0) is 91.7 Å². The Balaban J connectivity index is 1.29. The van der Waals surface area contributed by atoms with Gasteiger partial charge in [-0.1, -0.05) is 143 Å². The summed E-state index contributed by atoms with van der Waals surface area (Å²) < 4.78 is 0. The number of hydrogen-bond donors (Lipinski definition) is 0. The first-order valence-electron chi connectivity index (χ1n) is 15.2. The maximum absolute atomic E-state index is 2.43. The molecule has 0 aliphatic heterocycles. The van der Waals surface area contributed by atoms with Crippen LogP contribution in [0.3, 0.4) is 0 Å². The predicted molar refractivity (Wildman–Crippen MR) is 183 cm³/mol. The number of para-hydroxylation sites is 1. The number of benzene rings is 6. The molecule has 0 fully saturated rings. The monoisotopic (exact) mass is 555 g/mol. The Bertz CT molecular complexity index is 1880.